The molecule has 3 rings (SSSR count). The van der Waals surface area contributed by atoms with E-state index in [1.165, 1.54) is 0 Å². The largest absolute Gasteiger partial charge is 0.481 e. The third-order valence-corrected chi connectivity index (χ3v) is 6.00. The Kier molecular flexibility index (Phi) is 8.01. The molecule has 2 atom stereocenters. The number of unbranched alkanes of at least 4 members (excludes halogenated alkanes) is 2. The van der Waals surface area contributed by atoms with Gasteiger partial charge < -0.3 is 20.1 Å². The van der Waals surface area contributed by atoms with Crippen LogP contribution in [0.1, 0.15) is 75.6 Å². The molecule has 1 amide bonds. The predicted octanol–water partition coefficient (Wildman–Crippen LogP) is 3.36. The summed E-state index contributed by atoms with van der Waals surface area (Å²) >= 11 is 0. The van der Waals surface area contributed by atoms with Gasteiger partial charge in [-0.3, -0.25) is 9.59 Å². The van der Waals surface area contributed by atoms with E-state index < -0.39 is 5.97 Å². The number of amides is 1. The summed E-state index contributed by atoms with van der Waals surface area (Å²) in [5.74, 6) is -0.707. The maximum absolute atomic E-state index is 12.5. The number of piperidine rings is 1. The van der Waals surface area contributed by atoms with Crippen molar-refractivity contribution in [2.24, 2.45) is 5.92 Å². The van der Waals surface area contributed by atoms with E-state index in [1.54, 1.807) is 0 Å². The number of aryl methyl sites for hydroxylation is 1. The third kappa shape index (κ3) is 5.90. The average molecular weight is 419 g/mol. The van der Waals surface area contributed by atoms with Crippen molar-refractivity contribution >= 4 is 17.6 Å². The lowest BCUT2D eigenvalue weighted by molar-refractivity contribution is -0.138. The molecule has 2 aliphatic rings. The Balaban J connectivity index is 1.50. The van der Waals surface area contributed by atoms with Crippen LogP contribution in [0.3, 0.4) is 0 Å². The molecule has 166 valence electrons. The molecule has 0 saturated carbocycles. The van der Waals surface area contributed by atoms with E-state index in [4.69, 9.17) is 9.84 Å². The van der Waals surface area contributed by atoms with Gasteiger partial charge in [0.25, 0.3) is 0 Å². The van der Waals surface area contributed by atoms with E-state index in [1.807, 2.05) is 6.92 Å². The number of nitrogens with one attached hydrogen (secondary N) is 1. The van der Waals surface area contributed by atoms with Gasteiger partial charge in [-0.1, -0.05) is 19.8 Å². The van der Waals surface area contributed by atoms with Crippen LogP contribution in [0.5, 0.6) is 6.01 Å². The highest BCUT2D eigenvalue weighted by Gasteiger charge is 2.34. The molecule has 2 aliphatic heterocycles. The molecule has 3 heterocycles. The number of carbonyl (C=O) groups is 2. The van der Waals surface area contributed by atoms with Gasteiger partial charge >= 0.3 is 12.0 Å². The Labute approximate surface area is 178 Å². The van der Waals surface area contributed by atoms with Crippen LogP contribution in [-0.2, 0) is 9.59 Å². The molecule has 0 bridgehead atoms. The molecule has 0 spiro atoms. The molecule has 0 aromatic carbocycles. The van der Waals surface area contributed by atoms with Gasteiger partial charge in [-0.25, -0.2) is 0 Å². The first-order valence-corrected chi connectivity index (χ1v) is 11.2. The summed E-state index contributed by atoms with van der Waals surface area (Å²) < 4.78 is 5.67. The van der Waals surface area contributed by atoms with Crippen LogP contribution in [-0.4, -0.2) is 58.1 Å². The van der Waals surface area contributed by atoms with E-state index in [0.29, 0.717) is 12.6 Å². The van der Waals surface area contributed by atoms with Gasteiger partial charge in [-0.15, -0.1) is 0 Å². The fourth-order valence-electron chi connectivity index (χ4n) is 4.40. The Bertz CT molecular complexity index is 755. The normalized spacial score (nSPS) is 21.3. The Morgan fingerprint density at radius 2 is 2.13 bits per heavy atom. The monoisotopic (exact) mass is 418 g/mol. The zero-order chi connectivity index (χ0) is 21.5. The van der Waals surface area contributed by atoms with Crippen LogP contribution < -0.4 is 10.1 Å². The van der Waals surface area contributed by atoms with Crippen molar-refractivity contribution in [2.45, 2.75) is 71.1 Å². The maximum atomic E-state index is 12.5. The molecule has 2 N–H and O–H groups in total. The summed E-state index contributed by atoms with van der Waals surface area (Å²) in [7, 11) is 0. The van der Waals surface area contributed by atoms with E-state index in [9.17, 15) is 9.59 Å². The number of likely N-dealkylation sites (tertiary alicyclic amines) is 1. The number of rotatable bonds is 11. The summed E-state index contributed by atoms with van der Waals surface area (Å²) in [4.78, 5) is 34.8. The molecule has 1 fully saturated rings. The van der Waals surface area contributed by atoms with Crippen molar-refractivity contribution in [2.75, 3.05) is 31.6 Å². The van der Waals surface area contributed by atoms with Crippen LogP contribution >= 0.6 is 0 Å². The minimum absolute atomic E-state index is 0.00685. The van der Waals surface area contributed by atoms with Gasteiger partial charge in [0, 0.05) is 13.0 Å². The number of nitrogens with zero attached hydrogens (tertiary/aromatic N) is 3. The molecule has 0 radical (unpaired) electrons. The zero-order valence-electron chi connectivity index (χ0n) is 18.2. The molecule has 0 aliphatic carbocycles. The number of anilines is 1. The number of aromatic nitrogens is 2. The summed E-state index contributed by atoms with van der Waals surface area (Å²) in [6.45, 7) is 7.41. The summed E-state index contributed by atoms with van der Waals surface area (Å²) in [6.07, 6.45) is 6.98. The quantitative estimate of drug-likeness (QED) is 0.531. The standard InChI is InChI=1S/C22H34N4O4/c1-3-4-12-30-22-23-15(2)19-20(25-22)17(21(29)24-19)9-5-6-10-26-11-7-8-16(14-26)13-18(27)28/h16-17H,3-14H2,1-2H3,(H,24,29)(H,27,28). The molecule has 8 nitrogen and oxygen atoms in total. The van der Waals surface area contributed by atoms with Gasteiger partial charge in [0.15, 0.2) is 0 Å². The Morgan fingerprint density at radius 3 is 2.90 bits per heavy atom. The molecule has 1 aromatic heterocycles. The minimum Gasteiger partial charge on any atom is -0.481 e. The zero-order valence-corrected chi connectivity index (χ0v) is 18.2. The first-order chi connectivity index (χ1) is 14.5. The molecule has 30 heavy (non-hydrogen) atoms. The van der Waals surface area contributed by atoms with Crippen molar-refractivity contribution in [1.29, 1.82) is 0 Å². The molecule has 8 heteroatoms. The van der Waals surface area contributed by atoms with E-state index >= 15 is 0 Å². The SMILES string of the molecule is CCCCOc1nc(C)c2c(n1)C(CCCCN1CCCC(CC(=O)O)C1)C(=O)N2. The first-order valence-electron chi connectivity index (χ1n) is 11.2. The van der Waals surface area contributed by atoms with Crippen molar-refractivity contribution in [1.82, 2.24) is 14.9 Å². The highest BCUT2D eigenvalue weighted by molar-refractivity contribution is 6.02. The molecular weight excluding hydrogens is 384 g/mol. The van der Waals surface area contributed by atoms with Gasteiger partial charge in [-0.2, -0.15) is 9.97 Å². The number of ether oxygens (including phenoxy) is 1. The Morgan fingerprint density at radius 1 is 1.30 bits per heavy atom. The van der Waals surface area contributed by atoms with Crippen molar-refractivity contribution in [3.63, 3.8) is 0 Å². The summed E-state index contributed by atoms with van der Waals surface area (Å²) in [5.41, 5.74) is 2.25. The van der Waals surface area contributed by atoms with Crippen LogP contribution in [0.25, 0.3) is 0 Å². The Hall–Kier alpha value is -2.22. The van der Waals surface area contributed by atoms with Gasteiger partial charge in [0.1, 0.15) is 0 Å². The molecular formula is C22H34N4O4. The minimum atomic E-state index is -0.705. The number of carboxylic acids is 1. The number of carbonyl (C=O) groups excluding carboxylic acids is 1. The second-order valence-corrected chi connectivity index (χ2v) is 8.50. The number of carboxylic acid groups (broad SMARTS) is 1. The lowest BCUT2D eigenvalue weighted by atomic mass is 9.94. The smallest absolute Gasteiger partial charge is 0.316 e. The van der Waals surface area contributed by atoms with Crippen molar-refractivity contribution < 1.29 is 19.4 Å². The van der Waals surface area contributed by atoms with E-state index in [-0.39, 0.29) is 24.2 Å². The van der Waals surface area contributed by atoms with E-state index in [0.717, 1.165) is 81.7 Å². The van der Waals surface area contributed by atoms with Gasteiger partial charge in [0.05, 0.1) is 29.6 Å². The second kappa shape index (κ2) is 10.7. The van der Waals surface area contributed by atoms with Crippen LogP contribution in [0.2, 0.25) is 0 Å². The maximum Gasteiger partial charge on any atom is 0.316 e. The fourth-order valence-corrected chi connectivity index (χ4v) is 4.40. The molecule has 1 aromatic rings. The van der Waals surface area contributed by atoms with Crippen LogP contribution in [0, 0.1) is 12.8 Å². The molecule has 1 saturated heterocycles. The first kappa shape index (κ1) is 22.5. The third-order valence-electron chi connectivity index (χ3n) is 6.00. The van der Waals surface area contributed by atoms with Crippen LogP contribution in [0.15, 0.2) is 0 Å². The highest BCUT2D eigenvalue weighted by Crippen LogP contribution is 2.37. The van der Waals surface area contributed by atoms with Gasteiger partial charge in [-0.05, 0) is 58.0 Å². The lowest BCUT2D eigenvalue weighted by Crippen LogP contribution is -2.36. The number of hydrogen-bond acceptors (Lipinski definition) is 6. The highest BCUT2D eigenvalue weighted by atomic mass is 16.5. The van der Waals surface area contributed by atoms with Crippen LogP contribution in [0.4, 0.5) is 5.69 Å². The fraction of sp³-hybridized carbons (Fsp3) is 0.727. The molecule has 2 unspecified atom stereocenters. The van der Waals surface area contributed by atoms with Gasteiger partial charge in [0.2, 0.25) is 5.91 Å². The number of hydrogen-bond donors (Lipinski definition) is 2. The van der Waals surface area contributed by atoms with Crippen molar-refractivity contribution in [3.05, 3.63) is 11.4 Å². The lowest BCUT2D eigenvalue weighted by Gasteiger charge is -2.32. The van der Waals surface area contributed by atoms with Crippen molar-refractivity contribution in [3.8, 4) is 6.01 Å². The average Bonchev–Trinajstić information content (AvgIpc) is 3.01. The number of aliphatic carboxylic acids is 1. The van der Waals surface area contributed by atoms with E-state index in [2.05, 4.69) is 27.1 Å². The predicted molar refractivity (Wildman–Crippen MR) is 114 cm³/mol. The topological polar surface area (TPSA) is 105 Å². The summed E-state index contributed by atoms with van der Waals surface area (Å²) in [5, 5.41) is 12.0. The second-order valence-electron chi connectivity index (χ2n) is 8.50. The summed E-state index contributed by atoms with van der Waals surface area (Å²) in [6, 6.07) is 0.360. The number of fused-ring (bicyclic) bond motifs is 1.